The van der Waals surface area contributed by atoms with Crippen molar-refractivity contribution >= 4 is 66.5 Å². The van der Waals surface area contributed by atoms with Crippen molar-refractivity contribution in [3.05, 3.63) is 80.0 Å². The number of carbonyl (C=O) groups is 3. The fourth-order valence-electron chi connectivity index (χ4n) is 4.45. The summed E-state index contributed by atoms with van der Waals surface area (Å²) in [7, 11) is 0. The Morgan fingerprint density at radius 1 is 1.16 bits per heavy atom. The van der Waals surface area contributed by atoms with Crippen molar-refractivity contribution in [2.75, 3.05) is 23.4 Å². The molecule has 1 saturated heterocycles. The summed E-state index contributed by atoms with van der Waals surface area (Å²) in [5.74, 6) is -1.78. The van der Waals surface area contributed by atoms with Gasteiger partial charge in [-0.1, -0.05) is 34.1 Å². The monoisotopic (exact) mass is 594 g/mol. The van der Waals surface area contributed by atoms with Gasteiger partial charge in [0, 0.05) is 33.9 Å². The van der Waals surface area contributed by atoms with Crippen LogP contribution in [0, 0.1) is 12.8 Å². The molecule has 1 N–H and O–H groups in total. The largest absolute Gasteiger partial charge is 0.461 e. The number of aryl methyl sites for hydroxylation is 1. The number of nitrogens with one attached hydrogen (secondary N) is 1. The zero-order valence-electron chi connectivity index (χ0n) is 20.6. The zero-order chi connectivity index (χ0) is 27.0. The predicted molar refractivity (Wildman–Crippen MR) is 149 cm³/mol. The minimum atomic E-state index is -0.672. The van der Waals surface area contributed by atoms with Crippen LogP contribution >= 0.6 is 27.3 Å². The number of carbonyl (C=O) groups excluding carboxylic acids is 3. The van der Waals surface area contributed by atoms with Crippen LogP contribution in [-0.4, -0.2) is 40.7 Å². The van der Waals surface area contributed by atoms with E-state index in [0.29, 0.717) is 11.1 Å². The number of halogens is 1. The maximum Gasteiger partial charge on any atom is 0.359 e. The van der Waals surface area contributed by atoms with Crippen LogP contribution in [0.2, 0.25) is 0 Å². The molecule has 38 heavy (non-hydrogen) atoms. The van der Waals surface area contributed by atoms with Gasteiger partial charge in [0.15, 0.2) is 5.69 Å². The summed E-state index contributed by atoms with van der Waals surface area (Å²) < 4.78 is 7.13. The lowest BCUT2D eigenvalue weighted by atomic mass is 10.1. The molecule has 2 amide bonds. The van der Waals surface area contributed by atoms with Gasteiger partial charge in [0.05, 0.1) is 23.6 Å². The Morgan fingerprint density at radius 2 is 1.89 bits per heavy atom. The van der Waals surface area contributed by atoms with Gasteiger partial charge in [-0.15, -0.1) is 11.3 Å². The SMILES string of the molecule is CCOC(=O)c1nn(-c2ccc(Br)cc2)c(=O)c2c(NC(=O)C3CC(=O)N(c4ccccc4C)C3)scc12. The third-order valence-corrected chi connectivity index (χ3v) is 7.76. The molecule has 1 atom stereocenters. The first-order valence-electron chi connectivity index (χ1n) is 11.9. The van der Waals surface area contributed by atoms with Gasteiger partial charge in [-0.25, -0.2) is 4.79 Å². The highest BCUT2D eigenvalue weighted by Crippen LogP contribution is 2.33. The Labute approximate surface area is 230 Å². The van der Waals surface area contributed by atoms with E-state index >= 15 is 0 Å². The molecule has 0 saturated carbocycles. The van der Waals surface area contributed by atoms with Crippen molar-refractivity contribution < 1.29 is 19.1 Å². The normalized spacial score (nSPS) is 15.2. The molecule has 2 aromatic carbocycles. The Balaban J connectivity index is 1.51. The Hall–Kier alpha value is -3.83. The topological polar surface area (TPSA) is 111 Å². The van der Waals surface area contributed by atoms with E-state index in [1.165, 1.54) is 0 Å². The van der Waals surface area contributed by atoms with Crippen LogP contribution in [0.5, 0.6) is 0 Å². The second-order valence-corrected chi connectivity index (χ2v) is 10.6. The number of thiophene rings is 1. The number of nitrogens with zero attached hydrogens (tertiary/aromatic N) is 3. The number of fused-ring (bicyclic) bond motifs is 1. The average Bonchev–Trinajstić information content (AvgIpc) is 3.49. The minimum absolute atomic E-state index is 0.0251. The summed E-state index contributed by atoms with van der Waals surface area (Å²) in [6, 6.07) is 14.4. The Kier molecular flexibility index (Phi) is 7.13. The highest BCUT2D eigenvalue weighted by atomic mass is 79.9. The van der Waals surface area contributed by atoms with Gasteiger partial charge in [0.1, 0.15) is 5.00 Å². The molecule has 1 fully saturated rings. The highest BCUT2D eigenvalue weighted by Gasteiger charge is 2.36. The third kappa shape index (κ3) is 4.74. The van der Waals surface area contributed by atoms with Crippen LogP contribution in [0.3, 0.4) is 0 Å². The van der Waals surface area contributed by atoms with Crippen molar-refractivity contribution in [2.45, 2.75) is 20.3 Å². The first-order valence-corrected chi connectivity index (χ1v) is 13.6. The molecule has 5 rings (SSSR count). The van der Waals surface area contributed by atoms with E-state index in [1.807, 2.05) is 31.2 Å². The summed E-state index contributed by atoms with van der Waals surface area (Å²) in [5, 5.41) is 9.50. The molecule has 1 aliphatic heterocycles. The van der Waals surface area contributed by atoms with Gasteiger partial charge in [0.25, 0.3) is 5.56 Å². The number of aromatic nitrogens is 2. The molecule has 9 nitrogen and oxygen atoms in total. The average molecular weight is 595 g/mol. The summed E-state index contributed by atoms with van der Waals surface area (Å²) in [4.78, 5) is 54.0. The molecular weight excluding hydrogens is 572 g/mol. The molecule has 4 aromatic rings. The van der Waals surface area contributed by atoms with E-state index in [4.69, 9.17) is 4.74 Å². The van der Waals surface area contributed by atoms with Gasteiger partial charge < -0.3 is 15.0 Å². The first-order chi connectivity index (χ1) is 18.3. The summed E-state index contributed by atoms with van der Waals surface area (Å²) in [5.41, 5.74) is 1.65. The molecule has 194 valence electrons. The van der Waals surface area contributed by atoms with E-state index in [-0.39, 0.29) is 47.5 Å². The number of esters is 1. The number of rotatable bonds is 6. The molecule has 1 unspecified atom stereocenters. The van der Waals surface area contributed by atoms with Gasteiger partial charge >= 0.3 is 5.97 Å². The zero-order valence-corrected chi connectivity index (χ0v) is 23.0. The number of hydrogen-bond donors (Lipinski definition) is 1. The molecule has 3 heterocycles. The molecule has 0 bridgehead atoms. The van der Waals surface area contributed by atoms with E-state index in [9.17, 15) is 19.2 Å². The van der Waals surface area contributed by atoms with E-state index in [2.05, 4.69) is 26.3 Å². The van der Waals surface area contributed by atoms with Crippen molar-refractivity contribution in [1.29, 1.82) is 0 Å². The van der Waals surface area contributed by atoms with Crippen LogP contribution in [0.25, 0.3) is 16.5 Å². The number of amides is 2. The second kappa shape index (κ2) is 10.5. The summed E-state index contributed by atoms with van der Waals surface area (Å²) >= 11 is 4.49. The molecule has 2 aromatic heterocycles. The Morgan fingerprint density at radius 3 is 2.61 bits per heavy atom. The second-order valence-electron chi connectivity index (χ2n) is 8.80. The number of hydrogen-bond acceptors (Lipinski definition) is 7. The van der Waals surface area contributed by atoms with Gasteiger partial charge in [-0.2, -0.15) is 9.78 Å². The van der Waals surface area contributed by atoms with E-state index < -0.39 is 17.4 Å². The van der Waals surface area contributed by atoms with Crippen LogP contribution in [0.15, 0.2) is 63.2 Å². The molecule has 11 heteroatoms. The molecule has 0 spiro atoms. The maximum atomic E-state index is 13.6. The lowest BCUT2D eigenvalue weighted by Gasteiger charge is -2.18. The number of para-hydroxylation sites is 1. The highest BCUT2D eigenvalue weighted by molar-refractivity contribution is 9.10. The molecule has 0 aliphatic carbocycles. The first kappa shape index (κ1) is 25.8. The van der Waals surface area contributed by atoms with Crippen molar-refractivity contribution in [3.8, 4) is 5.69 Å². The van der Waals surface area contributed by atoms with Crippen molar-refractivity contribution in [2.24, 2.45) is 5.92 Å². The van der Waals surface area contributed by atoms with Crippen LogP contribution < -0.4 is 15.8 Å². The number of benzene rings is 2. The summed E-state index contributed by atoms with van der Waals surface area (Å²) in [6.45, 7) is 3.97. The third-order valence-electron chi connectivity index (χ3n) is 6.33. The van der Waals surface area contributed by atoms with Crippen molar-refractivity contribution in [1.82, 2.24) is 9.78 Å². The fourth-order valence-corrected chi connectivity index (χ4v) is 5.65. The quantitative estimate of drug-likeness (QED) is 0.324. The lowest BCUT2D eigenvalue weighted by Crippen LogP contribution is -2.29. The van der Waals surface area contributed by atoms with Crippen LogP contribution in [0.1, 0.15) is 29.4 Å². The van der Waals surface area contributed by atoms with Crippen LogP contribution in [-0.2, 0) is 14.3 Å². The van der Waals surface area contributed by atoms with E-state index in [1.54, 1.807) is 41.5 Å². The fraction of sp³-hybridized carbons (Fsp3) is 0.222. The smallest absolute Gasteiger partial charge is 0.359 e. The van der Waals surface area contributed by atoms with Crippen molar-refractivity contribution in [3.63, 3.8) is 0 Å². The number of anilines is 2. The van der Waals surface area contributed by atoms with E-state index in [0.717, 1.165) is 31.7 Å². The van der Waals surface area contributed by atoms with Gasteiger partial charge in [-0.3, -0.25) is 14.4 Å². The minimum Gasteiger partial charge on any atom is -0.461 e. The lowest BCUT2D eigenvalue weighted by molar-refractivity contribution is -0.122. The van der Waals surface area contributed by atoms with Gasteiger partial charge in [0.2, 0.25) is 11.8 Å². The predicted octanol–water partition coefficient (Wildman–Crippen LogP) is 4.69. The van der Waals surface area contributed by atoms with Gasteiger partial charge in [-0.05, 0) is 49.7 Å². The molecule has 1 aliphatic rings. The van der Waals surface area contributed by atoms with Crippen LogP contribution in [0.4, 0.5) is 10.7 Å². The standard InChI is InChI=1S/C27H23BrN4O5S/c1-3-37-27(36)23-19-14-38-25(22(19)26(35)32(30-23)18-10-8-17(28)9-11-18)29-24(34)16-12-21(33)31(13-16)20-7-5-4-6-15(20)2/h4-11,14,16H,3,12-13H2,1-2H3,(H,29,34). The maximum absolute atomic E-state index is 13.6. The molecular formula is C27H23BrN4O5S. The summed E-state index contributed by atoms with van der Waals surface area (Å²) in [6.07, 6.45) is 0.0578. The molecule has 0 radical (unpaired) electrons. The Bertz CT molecular complexity index is 1630. The number of ether oxygens (including phenoxy) is 1.